The summed E-state index contributed by atoms with van der Waals surface area (Å²) in [5.41, 5.74) is 9.87. The minimum atomic E-state index is 0.125. The average Bonchev–Trinajstić information content (AvgIpc) is 3.91. The summed E-state index contributed by atoms with van der Waals surface area (Å²) in [4.78, 5) is 5.14. The van der Waals surface area contributed by atoms with Crippen molar-refractivity contribution in [3.63, 3.8) is 0 Å². The minimum absolute atomic E-state index is 0.125. The predicted octanol–water partition coefficient (Wildman–Crippen LogP) is 13.7. The summed E-state index contributed by atoms with van der Waals surface area (Å²) in [5, 5.41) is 11.1. The van der Waals surface area contributed by atoms with E-state index in [0.29, 0.717) is 5.92 Å². The number of benzene rings is 6. The lowest BCUT2D eigenvalue weighted by molar-refractivity contribution is 0.604. The molecule has 10 rings (SSSR count). The summed E-state index contributed by atoms with van der Waals surface area (Å²) in [6.45, 7) is 14.7. The topological polar surface area (TPSA) is 30.7 Å². The van der Waals surface area contributed by atoms with Crippen LogP contribution >= 0.6 is 34.4 Å². The highest BCUT2D eigenvalue weighted by atomic mass is 32.1. The summed E-state index contributed by atoms with van der Waals surface area (Å²) in [5.74, 6) is 0.444. The molecule has 0 bridgehead atoms. The summed E-state index contributed by atoms with van der Waals surface area (Å²) in [6, 6.07) is 32.4. The lowest BCUT2D eigenvalue weighted by Gasteiger charge is -2.17. The Kier molecular flexibility index (Phi) is 6.23. The van der Waals surface area contributed by atoms with Crippen molar-refractivity contribution in [3.05, 3.63) is 95.4 Å². The highest BCUT2D eigenvalue weighted by Crippen LogP contribution is 2.51. The van der Waals surface area contributed by atoms with Crippen molar-refractivity contribution in [1.29, 1.82) is 0 Å². The van der Waals surface area contributed by atoms with Gasteiger partial charge in [-0.25, -0.2) is 0 Å². The zero-order chi connectivity index (χ0) is 33.3. The van der Waals surface area contributed by atoms with Crippen LogP contribution in [0.2, 0.25) is 0 Å². The fourth-order valence-corrected chi connectivity index (χ4v) is 11.0. The molecule has 0 aliphatic rings. The Bertz CT molecular complexity index is 2890. The molecule has 0 fully saturated rings. The standard InChI is InChI=1S/C43H35N3S3/c1-7-46-31-20-29(22(2)3)25-12-8-10-23-24-11-9-13-26-30(21-32(46)40(38(24)26)39(31)37(23)25)35-17-16-33(47-35)27-14-15-28(42-41(27)44-49-45-42)34-18-19-36(48-34)43(4,5)6/h8-22H,7H2,1-6H3. The summed E-state index contributed by atoms with van der Waals surface area (Å²) in [6.07, 6.45) is 0. The molecule has 10 aromatic rings. The quantitative estimate of drug-likeness (QED) is 0.133. The molecule has 0 radical (unpaired) electrons. The highest BCUT2D eigenvalue weighted by Gasteiger charge is 2.26. The van der Waals surface area contributed by atoms with E-state index in [9.17, 15) is 0 Å². The van der Waals surface area contributed by atoms with Gasteiger partial charge >= 0.3 is 0 Å². The Labute approximate surface area is 297 Å². The molecule has 0 atom stereocenters. The fourth-order valence-electron chi connectivity index (χ4n) is 8.26. The summed E-state index contributed by atoms with van der Waals surface area (Å²) >= 11 is 5.04. The van der Waals surface area contributed by atoms with Crippen molar-refractivity contribution in [2.24, 2.45) is 0 Å². The van der Waals surface area contributed by atoms with Crippen LogP contribution in [-0.4, -0.2) is 13.3 Å². The van der Waals surface area contributed by atoms with Gasteiger partial charge in [-0.2, -0.15) is 8.75 Å². The molecule has 4 heterocycles. The molecule has 4 aromatic heterocycles. The number of aromatic nitrogens is 3. The molecule has 240 valence electrons. The highest BCUT2D eigenvalue weighted by molar-refractivity contribution is 7.19. The Morgan fingerprint density at radius 3 is 1.78 bits per heavy atom. The van der Waals surface area contributed by atoms with E-state index in [1.807, 2.05) is 22.7 Å². The number of hydrogen-bond donors (Lipinski definition) is 0. The number of fused-ring (bicyclic) bond motifs is 2. The monoisotopic (exact) mass is 689 g/mol. The number of thiophene rings is 2. The Morgan fingerprint density at radius 2 is 1.16 bits per heavy atom. The van der Waals surface area contributed by atoms with Crippen molar-refractivity contribution in [2.75, 3.05) is 0 Å². The number of aryl methyl sites for hydroxylation is 1. The van der Waals surface area contributed by atoms with E-state index in [2.05, 4.69) is 131 Å². The molecule has 3 nitrogen and oxygen atoms in total. The molecule has 0 saturated carbocycles. The molecule has 6 heteroatoms. The van der Waals surface area contributed by atoms with Crippen LogP contribution in [0.3, 0.4) is 0 Å². The van der Waals surface area contributed by atoms with Gasteiger partial charge in [0.25, 0.3) is 0 Å². The third-order valence-corrected chi connectivity index (χ3v) is 13.8. The second kappa shape index (κ2) is 10.3. The van der Waals surface area contributed by atoms with Crippen molar-refractivity contribution in [1.82, 2.24) is 13.3 Å². The molecule has 49 heavy (non-hydrogen) atoms. The van der Waals surface area contributed by atoms with Gasteiger partial charge < -0.3 is 4.57 Å². The molecular formula is C43H35N3S3. The Balaban J connectivity index is 1.19. The number of nitrogens with zero attached hydrogens (tertiary/aromatic N) is 3. The molecule has 0 aliphatic carbocycles. The minimum Gasteiger partial charge on any atom is -0.341 e. The second-order valence-corrected chi connectivity index (χ2v) is 17.4. The van der Waals surface area contributed by atoms with E-state index < -0.39 is 0 Å². The van der Waals surface area contributed by atoms with Gasteiger partial charge in [0.2, 0.25) is 0 Å². The largest absolute Gasteiger partial charge is 0.341 e. The zero-order valence-corrected chi connectivity index (χ0v) is 30.9. The van der Waals surface area contributed by atoms with Gasteiger partial charge in [0.05, 0.1) is 22.8 Å². The predicted molar refractivity (Wildman–Crippen MR) is 216 cm³/mol. The van der Waals surface area contributed by atoms with E-state index in [1.54, 1.807) is 0 Å². The average molecular weight is 690 g/mol. The molecule has 0 unspecified atom stereocenters. The normalized spacial score (nSPS) is 13.0. The third kappa shape index (κ3) is 4.05. The Hall–Kier alpha value is -4.36. The lowest BCUT2D eigenvalue weighted by atomic mass is 9.85. The van der Waals surface area contributed by atoms with Gasteiger partial charge in [-0.1, -0.05) is 83.1 Å². The first kappa shape index (κ1) is 29.5. The van der Waals surface area contributed by atoms with Crippen molar-refractivity contribution >= 4 is 99.6 Å². The Morgan fingerprint density at radius 1 is 0.612 bits per heavy atom. The SMILES string of the molecule is CCn1c2cc(-c3ccc(-c4ccc(-c5ccc(C(C)(C)C)s5)c5nsnc45)s3)c3cccc4c5cccc6c(C(C)C)cc1c(c65)c2c34. The van der Waals surface area contributed by atoms with Crippen LogP contribution in [0.25, 0.3) is 96.5 Å². The first-order valence-corrected chi connectivity index (χ1v) is 19.5. The van der Waals surface area contributed by atoms with Crippen molar-refractivity contribution in [2.45, 2.75) is 59.4 Å². The lowest BCUT2D eigenvalue weighted by Crippen LogP contribution is -2.07. The maximum atomic E-state index is 4.85. The van der Waals surface area contributed by atoms with Crippen molar-refractivity contribution in [3.8, 4) is 31.3 Å². The van der Waals surface area contributed by atoms with Crippen LogP contribution in [0.5, 0.6) is 0 Å². The van der Waals surface area contributed by atoms with E-state index >= 15 is 0 Å². The van der Waals surface area contributed by atoms with E-state index in [1.165, 1.54) is 102 Å². The first-order valence-electron chi connectivity index (χ1n) is 17.2. The van der Waals surface area contributed by atoms with Crippen LogP contribution < -0.4 is 0 Å². The molecule has 0 saturated heterocycles. The van der Waals surface area contributed by atoms with Crippen LogP contribution in [0.4, 0.5) is 0 Å². The second-order valence-electron chi connectivity index (χ2n) is 14.7. The maximum Gasteiger partial charge on any atom is 0.114 e. The molecule has 0 N–H and O–H groups in total. The van der Waals surface area contributed by atoms with E-state index in [4.69, 9.17) is 8.75 Å². The van der Waals surface area contributed by atoms with Crippen LogP contribution in [0.1, 0.15) is 57.9 Å². The van der Waals surface area contributed by atoms with E-state index in [0.717, 1.165) is 23.1 Å². The zero-order valence-electron chi connectivity index (χ0n) is 28.4. The van der Waals surface area contributed by atoms with Crippen LogP contribution in [0, 0.1) is 0 Å². The third-order valence-electron chi connectivity index (χ3n) is 10.5. The first-order chi connectivity index (χ1) is 23.7. The number of rotatable bonds is 5. The summed E-state index contributed by atoms with van der Waals surface area (Å²) < 4.78 is 12.2. The molecule has 6 aromatic carbocycles. The van der Waals surface area contributed by atoms with Gasteiger partial charge in [-0.3, -0.25) is 0 Å². The number of hydrogen-bond acceptors (Lipinski definition) is 5. The van der Waals surface area contributed by atoms with Crippen LogP contribution in [0.15, 0.2) is 84.9 Å². The maximum absolute atomic E-state index is 4.85. The molecule has 0 aliphatic heterocycles. The molecule has 0 spiro atoms. The van der Waals surface area contributed by atoms with Gasteiger partial charge in [-0.05, 0) is 87.1 Å². The smallest absolute Gasteiger partial charge is 0.114 e. The summed E-state index contributed by atoms with van der Waals surface area (Å²) in [7, 11) is 0. The van der Waals surface area contributed by atoms with Gasteiger partial charge in [0.1, 0.15) is 11.0 Å². The molecule has 0 amide bonds. The van der Waals surface area contributed by atoms with Crippen LogP contribution in [-0.2, 0) is 12.0 Å². The van der Waals surface area contributed by atoms with Gasteiger partial charge in [0, 0.05) is 58.9 Å². The fraction of sp³-hybridized carbons (Fsp3) is 0.209. The van der Waals surface area contributed by atoms with E-state index in [-0.39, 0.29) is 5.41 Å². The van der Waals surface area contributed by atoms with Crippen molar-refractivity contribution < 1.29 is 0 Å². The molecular weight excluding hydrogens is 655 g/mol. The van der Waals surface area contributed by atoms with Gasteiger partial charge in [0.15, 0.2) is 0 Å². The van der Waals surface area contributed by atoms with Gasteiger partial charge in [-0.15, -0.1) is 22.7 Å².